The van der Waals surface area contributed by atoms with E-state index >= 15 is 0 Å². The van der Waals surface area contributed by atoms with Gasteiger partial charge in [-0.2, -0.15) is 0 Å². The molecule has 1 rings (SSSR count). The number of halogens is 2. The molecule has 0 spiro atoms. The lowest BCUT2D eigenvalue weighted by atomic mass is 10.1. The third-order valence-corrected chi connectivity index (χ3v) is 3.95. The first-order chi connectivity index (χ1) is 10.1. The summed E-state index contributed by atoms with van der Waals surface area (Å²) in [6.45, 7) is 5.54. The molecule has 0 bridgehead atoms. The van der Waals surface area contributed by atoms with Gasteiger partial charge in [0.05, 0.1) is 27.1 Å². The van der Waals surface area contributed by atoms with E-state index in [9.17, 15) is 9.00 Å². The number of amides is 1. The van der Waals surface area contributed by atoms with Gasteiger partial charge in [0.1, 0.15) is 5.60 Å². The van der Waals surface area contributed by atoms with E-state index in [0.717, 1.165) is 0 Å². The number of carbonyl (C=O) groups is 1. The van der Waals surface area contributed by atoms with Gasteiger partial charge in [0.25, 0.3) is 0 Å². The van der Waals surface area contributed by atoms with E-state index in [0.29, 0.717) is 15.6 Å². The fourth-order valence-electron chi connectivity index (χ4n) is 1.68. The second kappa shape index (κ2) is 8.15. The highest BCUT2D eigenvalue weighted by atomic mass is 35.5. The van der Waals surface area contributed by atoms with Crippen molar-refractivity contribution in [2.75, 3.05) is 12.8 Å². The highest BCUT2D eigenvalue weighted by Gasteiger charge is 2.22. The predicted octanol–water partition coefficient (Wildman–Crippen LogP) is 3.44. The van der Waals surface area contributed by atoms with Gasteiger partial charge < -0.3 is 10.1 Å². The highest BCUT2D eigenvalue weighted by Crippen LogP contribution is 2.30. The summed E-state index contributed by atoms with van der Waals surface area (Å²) in [7, 11) is -1.22. The van der Waals surface area contributed by atoms with Gasteiger partial charge in [-0.3, -0.25) is 0 Å². The van der Waals surface area contributed by atoms with Crippen molar-refractivity contribution < 1.29 is 13.7 Å². The van der Waals surface area contributed by atoms with Crippen molar-refractivity contribution in [2.24, 2.45) is 0 Å². The molecule has 1 aromatic rings. The largest absolute Gasteiger partial charge is 0.444 e. The van der Waals surface area contributed by atoms with Crippen LogP contribution in [0.4, 0.5) is 4.79 Å². The van der Waals surface area contributed by atoms with Gasteiger partial charge in [0.2, 0.25) is 0 Å². The third-order valence-electron chi connectivity index (χ3n) is 2.54. The van der Waals surface area contributed by atoms with Crippen molar-refractivity contribution in [3.63, 3.8) is 0 Å². The highest BCUT2D eigenvalue weighted by molar-refractivity contribution is 7.82. The fraction of sp³-hybridized carbons (Fsp3) is 0.500. The molecule has 0 fully saturated rings. The lowest BCUT2D eigenvalue weighted by molar-refractivity contribution is 0.0504. The molecule has 0 aromatic heterocycles. The molecular formula is C14H20Cl2N2O3S. The van der Waals surface area contributed by atoms with E-state index in [1.54, 1.807) is 39.0 Å². The number of hydrogen-bond donors (Lipinski definition) is 2. The zero-order valence-corrected chi connectivity index (χ0v) is 15.2. The van der Waals surface area contributed by atoms with Crippen LogP contribution in [-0.2, 0) is 15.7 Å². The third kappa shape index (κ3) is 6.52. The number of ether oxygens (including phenoxy) is 1. The van der Waals surface area contributed by atoms with Crippen LogP contribution < -0.4 is 10.0 Å². The Labute approximate surface area is 143 Å². The minimum atomic E-state index is -1.22. The Kier molecular flexibility index (Phi) is 7.12. The van der Waals surface area contributed by atoms with Gasteiger partial charge in [-0.05, 0) is 32.4 Å². The molecule has 0 radical (unpaired) electrons. The first-order valence-electron chi connectivity index (χ1n) is 6.60. The lowest BCUT2D eigenvalue weighted by Gasteiger charge is -2.24. The summed E-state index contributed by atoms with van der Waals surface area (Å²) in [6.07, 6.45) is 0.918. The zero-order valence-electron chi connectivity index (χ0n) is 12.9. The molecule has 2 N–H and O–H groups in total. The van der Waals surface area contributed by atoms with Gasteiger partial charge in [-0.25, -0.2) is 13.7 Å². The normalized spacial score (nSPS) is 14.3. The van der Waals surface area contributed by atoms with Gasteiger partial charge in [0.15, 0.2) is 0 Å². The van der Waals surface area contributed by atoms with Crippen molar-refractivity contribution in [1.82, 2.24) is 10.0 Å². The smallest absolute Gasteiger partial charge is 0.408 e. The number of hydrogen-bond acceptors (Lipinski definition) is 3. The van der Waals surface area contributed by atoms with Crippen molar-refractivity contribution in [3.05, 3.63) is 33.8 Å². The Morgan fingerprint density at radius 1 is 1.36 bits per heavy atom. The summed E-state index contributed by atoms with van der Waals surface area (Å²) in [4.78, 5) is 12.0. The van der Waals surface area contributed by atoms with Gasteiger partial charge in [-0.15, -0.1) is 0 Å². The van der Waals surface area contributed by atoms with Crippen LogP contribution >= 0.6 is 23.2 Å². The summed E-state index contributed by atoms with van der Waals surface area (Å²) in [6, 6.07) is 4.61. The van der Waals surface area contributed by atoms with Gasteiger partial charge in [-0.1, -0.05) is 35.3 Å². The van der Waals surface area contributed by atoms with E-state index < -0.39 is 28.7 Å². The number of rotatable bonds is 5. The second-order valence-corrected chi connectivity index (χ2v) is 7.63. The molecule has 124 valence electrons. The molecule has 0 saturated carbocycles. The van der Waals surface area contributed by atoms with Crippen LogP contribution in [0.15, 0.2) is 18.2 Å². The molecule has 2 atom stereocenters. The Morgan fingerprint density at radius 3 is 2.55 bits per heavy atom. The topological polar surface area (TPSA) is 67.4 Å². The van der Waals surface area contributed by atoms with Gasteiger partial charge in [0, 0.05) is 12.8 Å². The summed E-state index contributed by atoms with van der Waals surface area (Å²) in [5.41, 5.74) is 0.00583. The van der Waals surface area contributed by atoms with Crippen LogP contribution in [0.2, 0.25) is 10.0 Å². The van der Waals surface area contributed by atoms with Crippen LogP contribution in [0.1, 0.15) is 32.4 Å². The molecule has 0 saturated heterocycles. The minimum Gasteiger partial charge on any atom is -0.444 e. The molecule has 2 unspecified atom stereocenters. The van der Waals surface area contributed by atoms with Crippen molar-refractivity contribution in [2.45, 2.75) is 32.4 Å². The molecule has 22 heavy (non-hydrogen) atoms. The quantitative estimate of drug-likeness (QED) is 0.838. The second-order valence-electron chi connectivity index (χ2n) is 5.64. The van der Waals surface area contributed by atoms with Crippen LogP contribution in [0.25, 0.3) is 0 Å². The van der Waals surface area contributed by atoms with Crippen molar-refractivity contribution >= 4 is 40.3 Å². The summed E-state index contributed by atoms with van der Waals surface area (Å²) in [5, 5.41) is 3.44. The molecule has 8 heteroatoms. The monoisotopic (exact) mass is 366 g/mol. The minimum absolute atomic E-state index is 0.225. The van der Waals surface area contributed by atoms with E-state index in [4.69, 9.17) is 27.9 Å². The number of carbonyl (C=O) groups excluding carboxylic acids is 1. The Hall–Kier alpha value is -0.820. The zero-order chi connectivity index (χ0) is 16.9. The van der Waals surface area contributed by atoms with E-state index in [2.05, 4.69) is 10.0 Å². The van der Waals surface area contributed by atoms with E-state index in [1.807, 2.05) is 0 Å². The van der Waals surface area contributed by atoms with E-state index in [-0.39, 0.29) is 6.54 Å². The SMILES string of the molecule is CS(=O)NCC(NC(=O)OC(C)(C)C)c1cccc(Cl)c1Cl. The average molecular weight is 367 g/mol. The predicted molar refractivity (Wildman–Crippen MR) is 90.6 cm³/mol. The van der Waals surface area contributed by atoms with Crippen LogP contribution in [0, 0.1) is 0 Å². The van der Waals surface area contributed by atoms with Crippen LogP contribution in [0.5, 0.6) is 0 Å². The molecular weight excluding hydrogens is 347 g/mol. The first-order valence-corrected chi connectivity index (χ1v) is 8.92. The van der Waals surface area contributed by atoms with Crippen LogP contribution in [0.3, 0.4) is 0 Å². The maximum Gasteiger partial charge on any atom is 0.408 e. The first kappa shape index (κ1) is 19.2. The lowest BCUT2D eigenvalue weighted by Crippen LogP contribution is -2.39. The van der Waals surface area contributed by atoms with Crippen LogP contribution in [-0.4, -0.2) is 28.7 Å². The maximum absolute atomic E-state index is 12.0. The number of nitrogens with one attached hydrogen (secondary N) is 2. The molecule has 1 amide bonds. The standard InChI is InChI=1S/C14H20Cl2N2O3S/c1-14(2,3)21-13(19)18-11(8-17-22(4)20)9-6-5-7-10(15)12(9)16/h5-7,11,17H,8H2,1-4H3,(H,18,19). The van der Waals surface area contributed by atoms with Gasteiger partial charge >= 0.3 is 6.09 Å². The Morgan fingerprint density at radius 2 is 2.00 bits per heavy atom. The molecule has 1 aromatic carbocycles. The molecule has 0 aliphatic carbocycles. The fourth-order valence-corrected chi connectivity index (χ4v) is 2.52. The Bertz CT molecular complexity index is 562. The Balaban J connectivity index is 2.95. The van der Waals surface area contributed by atoms with Crippen molar-refractivity contribution in [1.29, 1.82) is 0 Å². The molecule has 0 heterocycles. The summed E-state index contributed by atoms with van der Waals surface area (Å²) < 4.78 is 19.2. The number of alkyl carbamates (subject to hydrolysis) is 1. The molecule has 5 nitrogen and oxygen atoms in total. The number of benzene rings is 1. The maximum atomic E-state index is 12.0. The van der Waals surface area contributed by atoms with Crippen molar-refractivity contribution in [3.8, 4) is 0 Å². The molecule has 0 aliphatic heterocycles. The van der Waals surface area contributed by atoms with E-state index in [1.165, 1.54) is 6.26 Å². The molecule has 0 aliphatic rings. The summed E-state index contributed by atoms with van der Waals surface area (Å²) in [5.74, 6) is 0. The average Bonchev–Trinajstić information content (AvgIpc) is 2.35. The summed E-state index contributed by atoms with van der Waals surface area (Å²) >= 11 is 12.2.